The number of benzene rings is 2. The lowest BCUT2D eigenvalue weighted by molar-refractivity contribution is 0.0530. The van der Waals surface area contributed by atoms with Gasteiger partial charge in [-0.1, -0.05) is 59.3 Å². The highest BCUT2D eigenvalue weighted by molar-refractivity contribution is 7.17. The summed E-state index contributed by atoms with van der Waals surface area (Å²) in [5, 5.41) is 1.60. The Morgan fingerprint density at radius 3 is 2.61 bits per heavy atom. The van der Waals surface area contributed by atoms with Gasteiger partial charge in [0, 0.05) is 30.6 Å². The van der Waals surface area contributed by atoms with Gasteiger partial charge in [0.2, 0.25) is 0 Å². The topological polar surface area (TPSA) is 68.5 Å². The summed E-state index contributed by atoms with van der Waals surface area (Å²) in [5.41, 5.74) is 10.1. The Bertz CT molecular complexity index is 1120. The van der Waals surface area contributed by atoms with Gasteiger partial charge in [-0.05, 0) is 47.6 Å². The minimum Gasteiger partial charge on any atom is -0.462 e. The number of carbonyl (C=O) groups is 1. The molecule has 0 bridgehead atoms. The molecular weight excluding hydrogens is 430 g/mol. The van der Waals surface area contributed by atoms with Crippen LogP contribution in [0.15, 0.2) is 48.5 Å². The van der Waals surface area contributed by atoms with Crippen molar-refractivity contribution in [1.29, 1.82) is 0 Å². The van der Waals surface area contributed by atoms with E-state index in [9.17, 15) is 4.79 Å². The number of nitrogens with zero attached hydrogens (tertiary/aromatic N) is 2. The van der Waals surface area contributed by atoms with E-state index in [1.54, 1.807) is 0 Å². The summed E-state index contributed by atoms with van der Waals surface area (Å²) in [5.74, 6) is 0.828. The molecule has 0 spiro atoms. The van der Waals surface area contributed by atoms with Gasteiger partial charge in [-0.2, -0.15) is 0 Å². The molecule has 31 heavy (non-hydrogen) atoms. The van der Waals surface area contributed by atoms with Crippen LogP contribution in [0.25, 0.3) is 11.1 Å². The summed E-state index contributed by atoms with van der Waals surface area (Å²) in [6, 6.07) is 16.4. The molecule has 0 amide bonds. The van der Waals surface area contributed by atoms with E-state index in [0.29, 0.717) is 40.8 Å². The van der Waals surface area contributed by atoms with Gasteiger partial charge >= 0.3 is 5.97 Å². The predicted molar refractivity (Wildman–Crippen MR) is 125 cm³/mol. The smallest absolute Gasteiger partial charge is 0.350 e. The van der Waals surface area contributed by atoms with Gasteiger partial charge in [0.25, 0.3) is 0 Å². The van der Waals surface area contributed by atoms with Crippen LogP contribution in [-0.2, 0) is 11.2 Å². The number of nitrogens with two attached hydrogens (primary N) is 1. The molecule has 1 aromatic heterocycles. The van der Waals surface area contributed by atoms with Crippen LogP contribution >= 0.6 is 22.9 Å². The number of thiazole rings is 1. The van der Waals surface area contributed by atoms with Gasteiger partial charge in [-0.15, -0.1) is 0 Å². The van der Waals surface area contributed by atoms with E-state index in [0.717, 1.165) is 40.6 Å². The fourth-order valence-corrected chi connectivity index (χ4v) is 5.59. The summed E-state index contributed by atoms with van der Waals surface area (Å²) in [6.45, 7) is 4.01. The molecule has 1 aliphatic carbocycles. The van der Waals surface area contributed by atoms with Crippen molar-refractivity contribution >= 4 is 34.0 Å². The summed E-state index contributed by atoms with van der Waals surface area (Å²) in [6.07, 6.45) is 0.569. The first-order valence-electron chi connectivity index (χ1n) is 10.6. The molecule has 1 saturated heterocycles. The molecule has 2 aromatic carbocycles. The minimum absolute atomic E-state index is 0.298. The molecule has 7 heteroatoms. The zero-order chi connectivity index (χ0) is 21.5. The maximum absolute atomic E-state index is 12.6. The maximum Gasteiger partial charge on any atom is 0.350 e. The molecule has 3 atom stereocenters. The number of esters is 1. The number of rotatable bonds is 6. The highest BCUT2D eigenvalue weighted by atomic mass is 35.5. The molecule has 2 heterocycles. The van der Waals surface area contributed by atoms with Crippen molar-refractivity contribution < 1.29 is 9.53 Å². The highest BCUT2D eigenvalue weighted by Crippen LogP contribution is 2.46. The number of ether oxygens (including phenoxy) is 1. The normalized spacial score (nSPS) is 21.8. The maximum atomic E-state index is 12.6. The van der Waals surface area contributed by atoms with Crippen LogP contribution in [0.3, 0.4) is 0 Å². The highest BCUT2D eigenvalue weighted by Gasteiger charge is 2.54. The summed E-state index contributed by atoms with van der Waals surface area (Å²) >= 11 is 7.60. The van der Waals surface area contributed by atoms with Crippen LogP contribution in [0.2, 0.25) is 5.02 Å². The lowest BCUT2D eigenvalue weighted by Crippen LogP contribution is -2.27. The molecule has 0 unspecified atom stereocenters. The molecule has 2 N–H and O–H groups in total. The molecule has 160 valence electrons. The SMILES string of the molecule is CCOC(=O)c1sc(N2C[C@@H]3[C@H](N)[C@@H]3C2)nc1Cc1cccc(-c2cccc(Cl)c2)c1. The molecule has 2 fully saturated rings. The van der Waals surface area contributed by atoms with Gasteiger partial charge in [0.05, 0.1) is 12.3 Å². The second kappa shape index (κ2) is 8.26. The van der Waals surface area contributed by atoms with Gasteiger partial charge in [-0.25, -0.2) is 9.78 Å². The lowest BCUT2D eigenvalue weighted by atomic mass is 10.0. The van der Waals surface area contributed by atoms with E-state index in [-0.39, 0.29) is 5.97 Å². The van der Waals surface area contributed by atoms with Gasteiger partial charge < -0.3 is 15.4 Å². The zero-order valence-electron chi connectivity index (χ0n) is 17.3. The van der Waals surface area contributed by atoms with Crippen molar-refractivity contribution in [2.45, 2.75) is 19.4 Å². The number of halogens is 1. The number of aromatic nitrogens is 1. The number of hydrogen-bond donors (Lipinski definition) is 1. The average molecular weight is 454 g/mol. The van der Waals surface area contributed by atoms with Crippen molar-refractivity contribution in [1.82, 2.24) is 4.98 Å². The Balaban J connectivity index is 1.43. The van der Waals surface area contributed by atoms with Gasteiger partial charge in [0.1, 0.15) is 4.88 Å². The molecule has 3 aromatic rings. The fraction of sp³-hybridized carbons (Fsp3) is 0.333. The molecular formula is C24H24ClN3O2S. The molecule has 2 aliphatic rings. The van der Waals surface area contributed by atoms with E-state index in [1.165, 1.54) is 11.3 Å². The predicted octanol–water partition coefficient (Wildman–Crippen LogP) is 4.62. The minimum atomic E-state index is -0.298. The zero-order valence-corrected chi connectivity index (χ0v) is 18.8. The van der Waals surface area contributed by atoms with E-state index in [1.807, 2.05) is 37.3 Å². The average Bonchev–Trinajstić information content (AvgIpc) is 3.14. The Labute approximate surface area is 190 Å². The van der Waals surface area contributed by atoms with E-state index in [2.05, 4.69) is 23.1 Å². The Morgan fingerprint density at radius 1 is 1.19 bits per heavy atom. The van der Waals surface area contributed by atoms with Crippen LogP contribution in [0, 0.1) is 11.8 Å². The number of fused-ring (bicyclic) bond motifs is 1. The Hall–Kier alpha value is -2.41. The van der Waals surface area contributed by atoms with Gasteiger partial charge in [-0.3, -0.25) is 0 Å². The van der Waals surface area contributed by atoms with Crippen LogP contribution < -0.4 is 10.6 Å². The lowest BCUT2D eigenvalue weighted by Gasteiger charge is -2.17. The van der Waals surface area contributed by atoms with E-state index in [4.69, 9.17) is 27.1 Å². The third kappa shape index (κ3) is 4.07. The largest absolute Gasteiger partial charge is 0.462 e. The first kappa shape index (κ1) is 20.5. The number of carbonyl (C=O) groups excluding carboxylic acids is 1. The van der Waals surface area contributed by atoms with Crippen LogP contribution in [0.4, 0.5) is 5.13 Å². The first-order valence-corrected chi connectivity index (χ1v) is 11.7. The standard InChI is InChI=1S/C24H24ClN3O2S/c1-2-30-23(29)22-20(27-24(31-22)28-12-18-19(13-28)21(18)26)10-14-5-3-6-15(9-14)16-7-4-8-17(25)11-16/h3-9,11,18-19,21H,2,10,12-13,26H2,1H3/t18-,19+,21-. The van der Waals surface area contributed by atoms with Crippen molar-refractivity contribution in [3.63, 3.8) is 0 Å². The second-order valence-electron chi connectivity index (χ2n) is 8.19. The van der Waals surface area contributed by atoms with E-state index >= 15 is 0 Å². The summed E-state index contributed by atoms with van der Waals surface area (Å²) in [4.78, 5) is 20.4. The molecule has 0 radical (unpaired) electrons. The van der Waals surface area contributed by atoms with Crippen molar-refractivity contribution in [3.8, 4) is 11.1 Å². The number of anilines is 1. The van der Waals surface area contributed by atoms with Crippen molar-refractivity contribution in [3.05, 3.63) is 69.7 Å². The monoisotopic (exact) mass is 453 g/mol. The van der Waals surface area contributed by atoms with Crippen LogP contribution in [0.5, 0.6) is 0 Å². The molecule has 5 rings (SSSR count). The van der Waals surface area contributed by atoms with E-state index < -0.39 is 0 Å². The number of hydrogen-bond acceptors (Lipinski definition) is 6. The third-order valence-electron chi connectivity index (χ3n) is 6.13. The number of piperidine rings is 1. The quantitative estimate of drug-likeness (QED) is 0.551. The fourth-order valence-electron chi connectivity index (χ4n) is 4.40. The Morgan fingerprint density at radius 2 is 1.90 bits per heavy atom. The second-order valence-corrected chi connectivity index (χ2v) is 9.60. The van der Waals surface area contributed by atoms with Crippen molar-refractivity contribution in [2.24, 2.45) is 17.6 Å². The molecule has 1 aliphatic heterocycles. The third-order valence-corrected chi connectivity index (χ3v) is 7.51. The first-order chi connectivity index (χ1) is 15.0. The Kier molecular flexibility index (Phi) is 5.46. The van der Waals surface area contributed by atoms with Gasteiger partial charge in [0.15, 0.2) is 5.13 Å². The molecule has 5 nitrogen and oxygen atoms in total. The summed E-state index contributed by atoms with van der Waals surface area (Å²) in [7, 11) is 0. The van der Waals surface area contributed by atoms with Crippen LogP contribution in [-0.4, -0.2) is 36.7 Å². The van der Waals surface area contributed by atoms with Crippen molar-refractivity contribution in [2.75, 3.05) is 24.6 Å². The summed E-state index contributed by atoms with van der Waals surface area (Å²) < 4.78 is 5.31. The van der Waals surface area contributed by atoms with Crippen LogP contribution in [0.1, 0.15) is 27.9 Å². The molecule has 1 saturated carbocycles.